The molecule has 1 saturated carbocycles. The van der Waals surface area contributed by atoms with Crippen LogP contribution in [0.15, 0.2) is 24.3 Å². The zero-order valence-corrected chi connectivity index (χ0v) is 13.7. The second-order valence-corrected chi connectivity index (χ2v) is 6.44. The number of rotatable bonds is 1. The number of nitrogens with zero attached hydrogens (tertiary/aromatic N) is 1. The Morgan fingerprint density at radius 2 is 1.89 bits per heavy atom. The van der Waals surface area contributed by atoms with Crippen LogP contribution >= 0.6 is 0 Å². The van der Waals surface area contributed by atoms with Crippen LogP contribution in [0.1, 0.15) is 50.5 Å². The summed E-state index contributed by atoms with van der Waals surface area (Å²) in [5.41, 5.74) is 2.28. The summed E-state index contributed by atoms with van der Waals surface area (Å²) in [5, 5.41) is 0. The molecule has 0 unspecified atom stereocenters. The van der Waals surface area contributed by atoms with Crippen molar-refractivity contribution in [2.75, 3.05) is 6.54 Å². The van der Waals surface area contributed by atoms with Crippen molar-refractivity contribution in [2.24, 2.45) is 0 Å². The van der Waals surface area contributed by atoms with Crippen LogP contribution in [0.2, 0.25) is 0 Å². The minimum absolute atomic E-state index is 0. The normalized spacial score (nSPS) is 37.1. The molecule has 1 aromatic carbocycles. The molecular weight excluding hydrogens is 410 g/mol. The molecule has 0 aromatic heterocycles. The summed E-state index contributed by atoms with van der Waals surface area (Å²) in [4.78, 5) is 2.71. The smallest absolute Gasteiger partial charge is 0.167 e. The molecule has 103 valence electrons. The van der Waals surface area contributed by atoms with Crippen LogP contribution in [0.4, 0.5) is 0 Å². The molecule has 2 bridgehead atoms. The van der Waals surface area contributed by atoms with Crippen LogP contribution in [-0.4, -0.2) is 17.0 Å². The van der Waals surface area contributed by atoms with Gasteiger partial charge in [-0.05, 0) is 38.5 Å². The van der Waals surface area contributed by atoms with Crippen molar-refractivity contribution >= 4 is 0 Å². The maximum absolute atomic E-state index is 3.49. The predicted octanol–water partition coefficient (Wildman–Crippen LogP) is 3.70. The third-order valence-electron chi connectivity index (χ3n) is 5.62. The molecule has 4 fully saturated rings. The molecular formula is C17H21IrN. The van der Waals surface area contributed by atoms with Crippen molar-refractivity contribution in [1.82, 2.24) is 4.90 Å². The van der Waals surface area contributed by atoms with E-state index in [1.807, 2.05) is 0 Å². The molecule has 3 aliphatic heterocycles. The fraction of sp³-hybridized carbons (Fsp3) is 0.588. The summed E-state index contributed by atoms with van der Waals surface area (Å²) in [5.74, 6) is 0. The van der Waals surface area contributed by atoms with Gasteiger partial charge in [0.1, 0.15) is 5.41 Å². The van der Waals surface area contributed by atoms with Gasteiger partial charge in [-0.2, -0.15) is 30.3 Å². The van der Waals surface area contributed by atoms with Gasteiger partial charge in [-0.25, -0.2) is 0 Å². The van der Waals surface area contributed by atoms with Gasteiger partial charge in [0.2, 0.25) is 0 Å². The molecule has 4 aliphatic rings. The van der Waals surface area contributed by atoms with Crippen LogP contribution in [0, 0.1) is 12.6 Å². The van der Waals surface area contributed by atoms with Crippen molar-refractivity contribution < 1.29 is 20.1 Å². The van der Waals surface area contributed by atoms with E-state index in [9.17, 15) is 0 Å². The molecule has 1 radical (unpaired) electrons. The van der Waals surface area contributed by atoms with Gasteiger partial charge in [-0.1, -0.05) is 6.42 Å². The number of piperidine rings is 3. The van der Waals surface area contributed by atoms with Gasteiger partial charge in [0.25, 0.3) is 0 Å². The predicted molar refractivity (Wildman–Crippen MR) is 73.0 cm³/mol. The van der Waals surface area contributed by atoms with Crippen LogP contribution in [0.5, 0.6) is 0 Å². The first-order chi connectivity index (χ1) is 8.83. The second kappa shape index (κ2) is 4.91. The Morgan fingerprint density at radius 3 is 2.63 bits per heavy atom. The zero-order chi connectivity index (χ0) is 12.1. The van der Waals surface area contributed by atoms with E-state index >= 15 is 0 Å². The summed E-state index contributed by atoms with van der Waals surface area (Å²) >= 11 is 0. The summed E-state index contributed by atoms with van der Waals surface area (Å²) in [6.07, 6.45) is 9.71. The SMILES string of the molecule is [Ir].[c-]1ccccc1C12[CH+]N3CCCCC3(CC1)CC2. The zero-order valence-electron chi connectivity index (χ0n) is 11.3. The average Bonchev–Trinajstić information content (AvgIpc) is 2.48. The molecule has 1 spiro atoms. The second-order valence-electron chi connectivity index (χ2n) is 6.44. The molecule has 0 N–H and O–H groups in total. The molecule has 3 saturated heterocycles. The standard InChI is InChI=1S/C17H21N.Ir/c1-2-6-15(7-3-1)16-9-11-17(12-10-16)8-4-5-13-18(17)14-16;/h1-3,6,14H,4-5,8-13H2;. The van der Waals surface area contributed by atoms with E-state index in [1.165, 1.54) is 57.1 Å². The fourth-order valence-electron chi connectivity index (χ4n) is 4.49. The Hall–Kier alpha value is -0.301. The van der Waals surface area contributed by atoms with E-state index in [4.69, 9.17) is 0 Å². The van der Waals surface area contributed by atoms with Gasteiger partial charge in [0, 0.05) is 26.7 Å². The first kappa shape index (κ1) is 13.7. The molecule has 1 nitrogen and oxygen atoms in total. The van der Waals surface area contributed by atoms with Crippen LogP contribution < -0.4 is 0 Å². The van der Waals surface area contributed by atoms with Gasteiger partial charge in [0.05, 0.1) is 5.54 Å². The Kier molecular flexibility index (Phi) is 3.53. The third kappa shape index (κ3) is 2.00. The maximum Gasteiger partial charge on any atom is 0.167 e. The maximum atomic E-state index is 3.49. The summed E-state index contributed by atoms with van der Waals surface area (Å²) in [7, 11) is 0. The van der Waals surface area contributed by atoms with E-state index in [0.29, 0.717) is 11.0 Å². The van der Waals surface area contributed by atoms with Gasteiger partial charge in [-0.3, -0.25) is 0 Å². The third-order valence-corrected chi connectivity index (χ3v) is 5.62. The van der Waals surface area contributed by atoms with Gasteiger partial charge >= 0.3 is 0 Å². The van der Waals surface area contributed by atoms with Crippen LogP contribution in [-0.2, 0) is 25.5 Å². The van der Waals surface area contributed by atoms with Gasteiger partial charge in [-0.15, -0.1) is 10.5 Å². The summed E-state index contributed by atoms with van der Waals surface area (Å²) in [6.45, 7) is 3.87. The molecule has 5 rings (SSSR count). The molecule has 19 heavy (non-hydrogen) atoms. The summed E-state index contributed by atoms with van der Waals surface area (Å²) in [6, 6.07) is 12.1. The van der Waals surface area contributed by atoms with Crippen molar-refractivity contribution in [3.63, 3.8) is 0 Å². The topological polar surface area (TPSA) is 3.24 Å². The quantitative estimate of drug-likeness (QED) is 0.613. The minimum atomic E-state index is 0. The Balaban J connectivity index is 0.00000110. The molecule has 0 amide bonds. The van der Waals surface area contributed by atoms with Crippen molar-refractivity contribution in [3.05, 3.63) is 42.4 Å². The van der Waals surface area contributed by atoms with Gasteiger partial charge < -0.3 is 0 Å². The Morgan fingerprint density at radius 1 is 1.05 bits per heavy atom. The fourth-order valence-corrected chi connectivity index (χ4v) is 4.49. The van der Waals surface area contributed by atoms with Crippen molar-refractivity contribution in [1.29, 1.82) is 0 Å². The monoisotopic (exact) mass is 432 g/mol. The molecule has 2 heteroatoms. The summed E-state index contributed by atoms with van der Waals surface area (Å²) < 4.78 is 0. The van der Waals surface area contributed by atoms with E-state index < -0.39 is 0 Å². The van der Waals surface area contributed by atoms with E-state index in [0.717, 1.165) is 0 Å². The first-order valence-corrected chi connectivity index (χ1v) is 7.43. The number of benzene rings is 1. The van der Waals surface area contributed by atoms with Gasteiger partial charge in [0.15, 0.2) is 6.54 Å². The minimum Gasteiger partial charge on any atom is -0.177 e. The number of hydrogen-bond donors (Lipinski definition) is 0. The van der Waals surface area contributed by atoms with Crippen molar-refractivity contribution in [3.8, 4) is 0 Å². The van der Waals surface area contributed by atoms with E-state index in [-0.39, 0.29) is 20.1 Å². The van der Waals surface area contributed by atoms with Crippen molar-refractivity contribution in [2.45, 2.75) is 55.9 Å². The Labute approximate surface area is 130 Å². The Bertz CT molecular complexity index is 434. The van der Waals surface area contributed by atoms with Crippen LogP contribution in [0.25, 0.3) is 0 Å². The number of hydrogen-bond acceptors (Lipinski definition) is 1. The average molecular weight is 432 g/mol. The first-order valence-electron chi connectivity index (χ1n) is 7.43. The molecule has 3 heterocycles. The largest absolute Gasteiger partial charge is 0.177 e. The van der Waals surface area contributed by atoms with E-state index in [2.05, 4.69) is 41.8 Å². The number of fused-ring (bicyclic) bond motifs is 2. The van der Waals surface area contributed by atoms with E-state index in [1.54, 1.807) is 0 Å². The molecule has 1 aliphatic carbocycles. The van der Waals surface area contributed by atoms with Crippen LogP contribution in [0.3, 0.4) is 0 Å². The molecule has 1 aromatic rings. The molecule has 0 atom stereocenters.